The number of ether oxygens (including phenoxy) is 2. The molecule has 98 valence electrons. The number of hydrogen-bond donors (Lipinski definition) is 2. The van der Waals surface area contributed by atoms with E-state index in [2.05, 4.69) is 15.9 Å². The van der Waals surface area contributed by atoms with E-state index in [1.54, 1.807) is 12.1 Å². The highest BCUT2D eigenvalue weighted by molar-refractivity contribution is 9.10. The summed E-state index contributed by atoms with van der Waals surface area (Å²) in [6.45, 7) is 1.19. The van der Waals surface area contributed by atoms with Crippen LogP contribution in [0.25, 0.3) is 0 Å². The molecule has 0 fully saturated rings. The fourth-order valence-corrected chi connectivity index (χ4v) is 2.41. The molecule has 1 heterocycles. The van der Waals surface area contributed by atoms with Gasteiger partial charge in [-0.1, -0.05) is 0 Å². The zero-order chi connectivity index (χ0) is 13.1. The van der Waals surface area contributed by atoms with Gasteiger partial charge in [-0.25, -0.2) is 0 Å². The first-order valence-electron chi connectivity index (χ1n) is 5.65. The Bertz CT molecular complexity index is 464. The summed E-state index contributed by atoms with van der Waals surface area (Å²) in [6.07, 6.45) is 0.801. The highest BCUT2D eigenvalue weighted by Crippen LogP contribution is 2.39. The molecule has 0 aromatic heterocycles. The lowest BCUT2D eigenvalue weighted by molar-refractivity contribution is -0.138. The number of aliphatic carboxylic acids is 1. The van der Waals surface area contributed by atoms with Gasteiger partial charge in [0.15, 0.2) is 11.5 Å². The number of benzene rings is 1. The molecule has 1 aromatic rings. The van der Waals surface area contributed by atoms with Crippen LogP contribution in [0.5, 0.6) is 11.5 Å². The molecule has 0 saturated carbocycles. The average Bonchev–Trinajstić information content (AvgIpc) is 2.55. The quantitative estimate of drug-likeness (QED) is 0.887. The van der Waals surface area contributed by atoms with Crippen molar-refractivity contribution in [3.8, 4) is 11.5 Å². The number of fused-ring (bicyclic) bond motifs is 1. The molecule has 1 unspecified atom stereocenters. The zero-order valence-electron chi connectivity index (χ0n) is 9.69. The van der Waals surface area contributed by atoms with Gasteiger partial charge in [0, 0.05) is 13.0 Å². The molecular weight excluding hydrogens is 302 g/mol. The highest BCUT2D eigenvalue weighted by Gasteiger charge is 2.23. The highest BCUT2D eigenvalue weighted by atomic mass is 79.9. The van der Waals surface area contributed by atoms with Crippen molar-refractivity contribution in [2.45, 2.75) is 12.3 Å². The molecule has 0 bridgehead atoms. The molecule has 0 aliphatic carbocycles. The second kappa shape index (κ2) is 5.58. The van der Waals surface area contributed by atoms with Crippen LogP contribution >= 0.6 is 15.9 Å². The molecule has 0 amide bonds. The molecule has 2 rings (SSSR count). The predicted octanol–water partition coefficient (Wildman–Crippen LogP) is 1.74. The maximum atomic E-state index is 11.1. The smallest absolute Gasteiger partial charge is 0.312 e. The summed E-state index contributed by atoms with van der Waals surface area (Å²) < 4.78 is 11.8. The van der Waals surface area contributed by atoms with Gasteiger partial charge in [-0.2, -0.15) is 0 Å². The second-order valence-corrected chi connectivity index (χ2v) is 4.86. The van der Waals surface area contributed by atoms with Crippen molar-refractivity contribution < 1.29 is 19.4 Å². The van der Waals surface area contributed by atoms with Crippen LogP contribution in [-0.2, 0) is 4.79 Å². The van der Waals surface area contributed by atoms with E-state index in [1.165, 1.54) is 0 Å². The van der Waals surface area contributed by atoms with Gasteiger partial charge in [0.1, 0.15) is 0 Å². The van der Waals surface area contributed by atoms with E-state index in [4.69, 9.17) is 20.3 Å². The third kappa shape index (κ3) is 2.59. The van der Waals surface area contributed by atoms with E-state index in [-0.39, 0.29) is 6.54 Å². The number of carboxylic acid groups (broad SMARTS) is 1. The molecule has 1 aliphatic heterocycles. The summed E-state index contributed by atoms with van der Waals surface area (Å²) in [5, 5.41) is 9.11. The number of carbonyl (C=O) groups is 1. The van der Waals surface area contributed by atoms with Crippen LogP contribution in [-0.4, -0.2) is 30.8 Å². The summed E-state index contributed by atoms with van der Waals surface area (Å²) in [6, 6.07) is 3.41. The van der Waals surface area contributed by atoms with Crippen LogP contribution in [0.2, 0.25) is 0 Å². The zero-order valence-corrected chi connectivity index (χ0v) is 11.3. The SMILES string of the molecule is NCC(C(=O)O)c1cc(Br)c2c(c1)OCCCO2. The monoisotopic (exact) mass is 315 g/mol. The Labute approximate surface area is 113 Å². The summed E-state index contributed by atoms with van der Waals surface area (Å²) >= 11 is 3.38. The number of hydrogen-bond acceptors (Lipinski definition) is 4. The molecule has 1 aromatic carbocycles. The van der Waals surface area contributed by atoms with Gasteiger partial charge in [0.05, 0.1) is 23.6 Å². The molecule has 6 heteroatoms. The summed E-state index contributed by atoms with van der Waals surface area (Å²) in [5.41, 5.74) is 6.11. The van der Waals surface area contributed by atoms with Crippen molar-refractivity contribution in [3.05, 3.63) is 22.2 Å². The van der Waals surface area contributed by atoms with Crippen LogP contribution in [0, 0.1) is 0 Å². The van der Waals surface area contributed by atoms with Crippen LogP contribution in [0.1, 0.15) is 17.9 Å². The molecule has 0 radical (unpaired) electrons. The summed E-state index contributed by atoms with van der Waals surface area (Å²) in [4.78, 5) is 11.1. The lowest BCUT2D eigenvalue weighted by Crippen LogP contribution is -2.21. The van der Waals surface area contributed by atoms with Crippen molar-refractivity contribution in [1.82, 2.24) is 0 Å². The molecule has 5 nitrogen and oxygen atoms in total. The number of nitrogens with two attached hydrogens (primary N) is 1. The van der Waals surface area contributed by atoms with Gasteiger partial charge < -0.3 is 20.3 Å². The van der Waals surface area contributed by atoms with Crippen molar-refractivity contribution in [2.75, 3.05) is 19.8 Å². The van der Waals surface area contributed by atoms with E-state index >= 15 is 0 Å². The van der Waals surface area contributed by atoms with Crippen molar-refractivity contribution >= 4 is 21.9 Å². The van der Waals surface area contributed by atoms with Crippen LogP contribution in [0.3, 0.4) is 0 Å². The summed E-state index contributed by atoms with van der Waals surface area (Å²) in [7, 11) is 0. The lowest BCUT2D eigenvalue weighted by Gasteiger charge is -2.15. The minimum atomic E-state index is -0.945. The number of halogens is 1. The maximum absolute atomic E-state index is 11.1. The Kier molecular flexibility index (Phi) is 4.08. The van der Waals surface area contributed by atoms with Gasteiger partial charge >= 0.3 is 5.97 Å². The van der Waals surface area contributed by atoms with Gasteiger partial charge in [0.25, 0.3) is 0 Å². The van der Waals surface area contributed by atoms with Gasteiger partial charge in [0.2, 0.25) is 0 Å². The van der Waals surface area contributed by atoms with Crippen molar-refractivity contribution in [1.29, 1.82) is 0 Å². The Morgan fingerprint density at radius 3 is 2.83 bits per heavy atom. The van der Waals surface area contributed by atoms with Gasteiger partial charge in [-0.15, -0.1) is 0 Å². The Morgan fingerprint density at radius 2 is 2.17 bits per heavy atom. The Hall–Kier alpha value is -1.27. The normalized spacial score (nSPS) is 15.9. The Balaban J connectivity index is 2.42. The van der Waals surface area contributed by atoms with Gasteiger partial charge in [-0.3, -0.25) is 4.79 Å². The number of rotatable bonds is 3. The molecular formula is C12H14BrNO4. The molecule has 18 heavy (non-hydrogen) atoms. The van der Waals surface area contributed by atoms with Crippen LogP contribution < -0.4 is 15.2 Å². The molecule has 3 N–H and O–H groups in total. The van der Waals surface area contributed by atoms with Crippen molar-refractivity contribution in [2.24, 2.45) is 5.73 Å². The average molecular weight is 316 g/mol. The first-order chi connectivity index (χ1) is 8.63. The Morgan fingerprint density at radius 1 is 1.44 bits per heavy atom. The fraction of sp³-hybridized carbons (Fsp3) is 0.417. The molecule has 1 aliphatic rings. The minimum absolute atomic E-state index is 0.0431. The van der Waals surface area contributed by atoms with Crippen molar-refractivity contribution in [3.63, 3.8) is 0 Å². The number of carboxylic acids is 1. The fourth-order valence-electron chi connectivity index (χ4n) is 1.83. The second-order valence-electron chi connectivity index (χ2n) is 4.01. The first kappa shape index (κ1) is 13.2. The maximum Gasteiger partial charge on any atom is 0.312 e. The predicted molar refractivity (Wildman–Crippen MR) is 69.2 cm³/mol. The molecule has 0 saturated heterocycles. The van der Waals surface area contributed by atoms with E-state index in [1.807, 2.05) is 0 Å². The topological polar surface area (TPSA) is 81.8 Å². The van der Waals surface area contributed by atoms with E-state index in [0.29, 0.717) is 34.7 Å². The van der Waals surface area contributed by atoms with E-state index in [9.17, 15) is 4.79 Å². The van der Waals surface area contributed by atoms with E-state index in [0.717, 1.165) is 6.42 Å². The first-order valence-corrected chi connectivity index (χ1v) is 6.44. The van der Waals surface area contributed by atoms with E-state index < -0.39 is 11.9 Å². The lowest BCUT2D eigenvalue weighted by atomic mass is 9.99. The third-order valence-corrected chi connectivity index (χ3v) is 3.35. The van der Waals surface area contributed by atoms with Gasteiger partial charge in [-0.05, 0) is 33.6 Å². The molecule has 0 spiro atoms. The molecule has 1 atom stereocenters. The standard InChI is InChI=1S/C12H14BrNO4/c13-9-4-7(8(6-14)12(15)16)5-10-11(9)18-3-1-2-17-10/h4-5,8H,1-3,6,14H2,(H,15,16). The summed E-state index contributed by atoms with van der Waals surface area (Å²) in [5.74, 6) is -0.494. The van der Waals surface area contributed by atoms with Crippen LogP contribution in [0.15, 0.2) is 16.6 Å². The third-order valence-electron chi connectivity index (χ3n) is 2.76. The largest absolute Gasteiger partial charge is 0.490 e. The van der Waals surface area contributed by atoms with Crippen LogP contribution in [0.4, 0.5) is 0 Å². The minimum Gasteiger partial charge on any atom is -0.490 e.